The van der Waals surface area contributed by atoms with E-state index < -0.39 is 10.8 Å². The standard InChI is InChI=1S/C22H19Cl2N3O5/c23-14-3-5-20(19(24)9-14)32-18-11-15(10-16(12-18)27(29)30)25-22(28)21-6-4-17(31-21)13-26-7-1-2-8-26/h3-6,9-12H,1-2,7-8,13H2,(H,25,28). The van der Waals surface area contributed by atoms with Crippen LogP contribution in [0.1, 0.15) is 29.2 Å². The van der Waals surface area contributed by atoms with Crippen molar-refractivity contribution >= 4 is 40.5 Å². The van der Waals surface area contributed by atoms with Crippen molar-refractivity contribution in [3.05, 3.63) is 80.2 Å². The molecule has 1 amide bonds. The molecule has 0 unspecified atom stereocenters. The van der Waals surface area contributed by atoms with Gasteiger partial charge in [0.2, 0.25) is 0 Å². The molecule has 32 heavy (non-hydrogen) atoms. The fraction of sp³-hybridized carbons (Fsp3) is 0.227. The van der Waals surface area contributed by atoms with Crippen LogP contribution in [-0.4, -0.2) is 28.8 Å². The predicted molar refractivity (Wildman–Crippen MR) is 121 cm³/mol. The highest BCUT2D eigenvalue weighted by atomic mass is 35.5. The van der Waals surface area contributed by atoms with E-state index >= 15 is 0 Å². The highest BCUT2D eigenvalue weighted by Crippen LogP contribution is 2.34. The van der Waals surface area contributed by atoms with Gasteiger partial charge < -0.3 is 14.5 Å². The molecule has 1 saturated heterocycles. The van der Waals surface area contributed by atoms with Gasteiger partial charge in [0.15, 0.2) is 5.76 Å². The van der Waals surface area contributed by atoms with Crippen molar-refractivity contribution in [1.82, 2.24) is 4.90 Å². The lowest BCUT2D eigenvalue weighted by atomic mass is 10.2. The van der Waals surface area contributed by atoms with Gasteiger partial charge in [-0.2, -0.15) is 0 Å². The van der Waals surface area contributed by atoms with Crippen molar-refractivity contribution in [3.8, 4) is 11.5 Å². The minimum Gasteiger partial charge on any atom is -0.455 e. The Morgan fingerprint density at radius 1 is 1.12 bits per heavy atom. The fourth-order valence-corrected chi connectivity index (χ4v) is 3.89. The first-order valence-corrected chi connectivity index (χ1v) is 10.7. The van der Waals surface area contributed by atoms with Gasteiger partial charge in [0.25, 0.3) is 11.6 Å². The van der Waals surface area contributed by atoms with Crippen LogP contribution in [0, 0.1) is 10.1 Å². The Morgan fingerprint density at radius 3 is 2.62 bits per heavy atom. The predicted octanol–water partition coefficient (Wildman–Crippen LogP) is 6.14. The number of hydrogen-bond acceptors (Lipinski definition) is 6. The van der Waals surface area contributed by atoms with Crippen LogP contribution in [0.25, 0.3) is 0 Å². The second kappa shape index (κ2) is 9.60. The Kier molecular flexibility index (Phi) is 6.64. The Bertz CT molecular complexity index is 1160. The topological polar surface area (TPSA) is 97.8 Å². The number of hydrogen-bond donors (Lipinski definition) is 1. The number of halogens is 2. The van der Waals surface area contributed by atoms with Gasteiger partial charge in [-0.25, -0.2) is 0 Å². The van der Waals surface area contributed by atoms with E-state index in [9.17, 15) is 14.9 Å². The zero-order valence-corrected chi connectivity index (χ0v) is 18.4. The van der Waals surface area contributed by atoms with E-state index in [4.69, 9.17) is 32.4 Å². The maximum atomic E-state index is 12.6. The molecular weight excluding hydrogens is 457 g/mol. The monoisotopic (exact) mass is 475 g/mol. The van der Waals surface area contributed by atoms with Crippen LogP contribution in [0.15, 0.2) is 52.9 Å². The summed E-state index contributed by atoms with van der Waals surface area (Å²) >= 11 is 12.0. The van der Waals surface area contributed by atoms with Crippen molar-refractivity contribution in [2.24, 2.45) is 0 Å². The summed E-state index contributed by atoms with van der Waals surface area (Å²) in [4.78, 5) is 25.7. The first-order chi connectivity index (χ1) is 15.4. The third kappa shape index (κ3) is 5.40. The summed E-state index contributed by atoms with van der Waals surface area (Å²) in [5, 5.41) is 14.7. The molecule has 1 N–H and O–H groups in total. The van der Waals surface area contributed by atoms with Gasteiger partial charge in [0.1, 0.15) is 17.3 Å². The number of likely N-dealkylation sites (tertiary alicyclic amines) is 1. The average molecular weight is 476 g/mol. The number of nitrogens with zero attached hydrogens (tertiary/aromatic N) is 2. The number of carbonyl (C=O) groups excluding carboxylic acids is 1. The molecule has 1 aliphatic heterocycles. The first kappa shape index (κ1) is 22.1. The number of anilines is 1. The van der Waals surface area contributed by atoms with Gasteiger partial charge in [0, 0.05) is 17.2 Å². The summed E-state index contributed by atoms with van der Waals surface area (Å²) in [5.74, 6) is 0.694. The molecule has 2 aromatic carbocycles. The summed E-state index contributed by atoms with van der Waals surface area (Å²) < 4.78 is 11.3. The average Bonchev–Trinajstić information content (AvgIpc) is 3.42. The van der Waals surface area contributed by atoms with Gasteiger partial charge in [-0.05, 0) is 56.3 Å². The van der Waals surface area contributed by atoms with Crippen LogP contribution in [0.2, 0.25) is 10.0 Å². The van der Waals surface area contributed by atoms with E-state index in [-0.39, 0.29) is 33.7 Å². The van der Waals surface area contributed by atoms with Crippen LogP contribution >= 0.6 is 23.2 Å². The number of benzene rings is 2. The summed E-state index contributed by atoms with van der Waals surface area (Å²) in [6, 6.07) is 11.9. The molecule has 3 aromatic rings. The van der Waals surface area contributed by atoms with E-state index in [1.54, 1.807) is 24.3 Å². The number of nitrogens with one attached hydrogen (secondary N) is 1. The van der Waals surface area contributed by atoms with Crippen LogP contribution in [0.4, 0.5) is 11.4 Å². The van der Waals surface area contributed by atoms with Crippen molar-refractivity contribution in [1.29, 1.82) is 0 Å². The molecular formula is C22H19Cl2N3O5. The summed E-state index contributed by atoms with van der Waals surface area (Å²) in [7, 11) is 0. The van der Waals surface area contributed by atoms with Crippen LogP contribution < -0.4 is 10.1 Å². The Labute approximate surface area is 193 Å². The highest BCUT2D eigenvalue weighted by Gasteiger charge is 2.18. The fourth-order valence-electron chi connectivity index (χ4n) is 3.44. The summed E-state index contributed by atoms with van der Waals surface area (Å²) in [5.41, 5.74) is -0.0705. The maximum Gasteiger partial charge on any atom is 0.291 e. The molecule has 1 aliphatic rings. The molecule has 166 valence electrons. The molecule has 4 rings (SSSR count). The largest absolute Gasteiger partial charge is 0.455 e. The molecule has 0 atom stereocenters. The number of nitro groups is 1. The highest BCUT2D eigenvalue weighted by molar-refractivity contribution is 6.35. The Hall–Kier alpha value is -3.07. The van der Waals surface area contributed by atoms with Gasteiger partial charge in [0.05, 0.1) is 28.2 Å². The number of amides is 1. The Balaban J connectivity index is 1.51. The molecule has 0 bridgehead atoms. The number of rotatable bonds is 7. The van der Waals surface area contributed by atoms with Gasteiger partial charge in [-0.1, -0.05) is 23.2 Å². The zero-order valence-electron chi connectivity index (χ0n) is 16.8. The third-order valence-electron chi connectivity index (χ3n) is 4.95. The van der Waals surface area contributed by atoms with Crippen LogP contribution in [0.3, 0.4) is 0 Å². The molecule has 0 saturated carbocycles. The number of carbonyl (C=O) groups is 1. The Morgan fingerprint density at radius 2 is 1.91 bits per heavy atom. The SMILES string of the molecule is O=C(Nc1cc(Oc2ccc(Cl)cc2Cl)cc([N+](=O)[O-])c1)c1ccc(CN2CCCC2)o1. The number of non-ortho nitro benzene ring substituents is 1. The molecule has 1 fully saturated rings. The molecule has 2 heterocycles. The molecule has 10 heteroatoms. The first-order valence-electron chi connectivity index (χ1n) is 9.92. The lowest BCUT2D eigenvalue weighted by Gasteiger charge is -2.12. The van der Waals surface area contributed by atoms with Crippen LogP contribution in [-0.2, 0) is 6.54 Å². The van der Waals surface area contributed by atoms with Crippen molar-refractivity contribution in [3.63, 3.8) is 0 Å². The minimum atomic E-state index is -0.576. The van der Waals surface area contributed by atoms with Gasteiger partial charge >= 0.3 is 0 Å². The normalized spacial score (nSPS) is 13.8. The molecule has 0 spiro atoms. The van der Waals surface area contributed by atoms with Crippen molar-refractivity contribution in [2.75, 3.05) is 18.4 Å². The quantitative estimate of drug-likeness (QED) is 0.325. The van der Waals surface area contributed by atoms with Crippen molar-refractivity contribution in [2.45, 2.75) is 19.4 Å². The number of ether oxygens (including phenoxy) is 1. The van der Waals surface area contributed by atoms with Gasteiger partial charge in [-0.3, -0.25) is 19.8 Å². The number of furan rings is 1. The van der Waals surface area contributed by atoms with Crippen LogP contribution in [0.5, 0.6) is 11.5 Å². The van der Waals surface area contributed by atoms with E-state index in [0.29, 0.717) is 17.3 Å². The molecule has 1 aromatic heterocycles. The lowest BCUT2D eigenvalue weighted by molar-refractivity contribution is -0.384. The van der Waals surface area contributed by atoms with E-state index in [2.05, 4.69) is 10.2 Å². The zero-order chi connectivity index (χ0) is 22.7. The third-order valence-corrected chi connectivity index (χ3v) is 5.48. The van der Waals surface area contributed by atoms with E-state index in [0.717, 1.165) is 25.9 Å². The second-order valence-electron chi connectivity index (χ2n) is 7.35. The molecule has 0 aliphatic carbocycles. The summed E-state index contributed by atoms with van der Waals surface area (Å²) in [6.45, 7) is 2.66. The second-order valence-corrected chi connectivity index (χ2v) is 8.20. The van der Waals surface area contributed by atoms with Crippen molar-refractivity contribution < 1.29 is 18.9 Å². The lowest BCUT2D eigenvalue weighted by Crippen LogP contribution is -2.18. The van der Waals surface area contributed by atoms with E-state index in [1.807, 2.05) is 0 Å². The van der Waals surface area contributed by atoms with E-state index in [1.165, 1.54) is 24.3 Å². The molecule has 0 radical (unpaired) electrons. The molecule has 8 nitrogen and oxygen atoms in total. The number of nitro benzene ring substituents is 1. The summed E-state index contributed by atoms with van der Waals surface area (Å²) in [6.07, 6.45) is 2.32. The minimum absolute atomic E-state index is 0.119. The van der Waals surface area contributed by atoms with Gasteiger partial charge in [-0.15, -0.1) is 0 Å². The maximum absolute atomic E-state index is 12.6. The smallest absolute Gasteiger partial charge is 0.291 e.